The van der Waals surface area contributed by atoms with Gasteiger partial charge in [0.2, 0.25) is 15.9 Å². The molecule has 2 fully saturated rings. The highest BCUT2D eigenvalue weighted by atomic mass is 32.2. The molecule has 0 aromatic carbocycles. The van der Waals surface area contributed by atoms with E-state index in [1.807, 2.05) is 12.1 Å². The minimum Gasteiger partial charge on any atom is -0.365 e. The van der Waals surface area contributed by atoms with Crippen LogP contribution in [0.1, 0.15) is 5.56 Å². The molecule has 1 aromatic rings. The predicted molar refractivity (Wildman–Crippen MR) is 74.7 cm³/mol. The van der Waals surface area contributed by atoms with Crippen molar-refractivity contribution in [2.75, 3.05) is 26.0 Å². The molecule has 3 rings (SSSR count). The van der Waals surface area contributed by atoms with Gasteiger partial charge in [0.15, 0.2) is 0 Å². The summed E-state index contributed by atoms with van der Waals surface area (Å²) in [5.74, 6) is -0.115. The maximum Gasteiger partial charge on any atom is 0.249 e. The number of carbonyl (C=O) groups excluding carboxylic acids is 1. The second-order valence-electron chi connectivity index (χ2n) is 5.38. The topological polar surface area (TPSA) is 79.8 Å². The van der Waals surface area contributed by atoms with Gasteiger partial charge in [0.05, 0.1) is 18.4 Å². The monoisotopic (exact) mass is 311 g/mol. The molecule has 2 saturated heterocycles. The van der Waals surface area contributed by atoms with Crippen LogP contribution in [0.4, 0.5) is 0 Å². The average Bonchev–Trinajstić information content (AvgIpc) is 2.88. The zero-order valence-electron chi connectivity index (χ0n) is 11.7. The van der Waals surface area contributed by atoms with Crippen LogP contribution in [0.3, 0.4) is 0 Å². The lowest BCUT2D eigenvalue weighted by Crippen LogP contribution is -2.53. The average molecular weight is 311 g/mol. The third-order valence-corrected chi connectivity index (χ3v) is 5.13. The number of fused-ring (bicyclic) bond motifs is 1. The quantitative estimate of drug-likeness (QED) is 0.748. The second-order valence-corrected chi connectivity index (χ2v) is 7.36. The van der Waals surface area contributed by atoms with Gasteiger partial charge in [-0.2, -0.15) is 4.31 Å². The van der Waals surface area contributed by atoms with E-state index in [0.717, 1.165) is 5.56 Å². The van der Waals surface area contributed by atoms with Gasteiger partial charge in [-0.25, -0.2) is 8.42 Å². The Morgan fingerprint density at radius 2 is 2.24 bits per heavy atom. The first-order chi connectivity index (χ1) is 9.95. The summed E-state index contributed by atoms with van der Waals surface area (Å²) in [4.78, 5) is 17.9. The summed E-state index contributed by atoms with van der Waals surface area (Å²) in [6, 6.07) is 3.48. The molecule has 2 atom stereocenters. The Morgan fingerprint density at radius 1 is 1.43 bits per heavy atom. The molecular weight excluding hydrogens is 294 g/mol. The summed E-state index contributed by atoms with van der Waals surface area (Å²) in [5.41, 5.74) is 0.921. The number of morpholine rings is 1. The highest BCUT2D eigenvalue weighted by molar-refractivity contribution is 7.88. The standard InChI is InChI=1S/C13H17N3O4S/c1-21(18,19)15-7-11-12(8-15)20-9-13(17)16(11)6-10-3-2-4-14-5-10/h2-5,11-12H,6-9H2,1H3/t11-,12+/m1/s1. The zero-order valence-corrected chi connectivity index (χ0v) is 12.5. The molecule has 1 amide bonds. The Hall–Kier alpha value is -1.51. The fraction of sp³-hybridized carbons (Fsp3) is 0.538. The Morgan fingerprint density at radius 3 is 2.90 bits per heavy atom. The molecule has 2 aliphatic heterocycles. The number of hydrogen-bond donors (Lipinski definition) is 0. The van der Waals surface area contributed by atoms with E-state index in [1.54, 1.807) is 17.3 Å². The first kappa shape index (κ1) is 14.4. The van der Waals surface area contributed by atoms with Gasteiger partial charge in [-0.3, -0.25) is 9.78 Å². The third-order valence-electron chi connectivity index (χ3n) is 3.89. The number of sulfonamides is 1. The van der Waals surface area contributed by atoms with Gasteiger partial charge < -0.3 is 9.64 Å². The summed E-state index contributed by atoms with van der Waals surface area (Å²) in [5, 5.41) is 0. The Balaban J connectivity index is 1.80. The fourth-order valence-electron chi connectivity index (χ4n) is 2.80. The lowest BCUT2D eigenvalue weighted by molar-refractivity contribution is -0.153. The molecule has 0 aliphatic carbocycles. The van der Waals surface area contributed by atoms with Crippen molar-refractivity contribution in [2.24, 2.45) is 0 Å². The van der Waals surface area contributed by atoms with Gasteiger partial charge in [0, 0.05) is 32.0 Å². The molecule has 114 valence electrons. The molecule has 3 heterocycles. The second kappa shape index (κ2) is 5.36. The maximum atomic E-state index is 12.1. The van der Waals surface area contributed by atoms with E-state index in [9.17, 15) is 13.2 Å². The number of ether oxygens (including phenoxy) is 1. The van der Waals surface area contributed by atoms with Crippen LogP contribution in [0, 0.1) is 0 Å². The number of pyridine rings is 1. The van der Waals surface area contributed by atoms with Crippen molar-refractivity contribution < 1.29 is 17.9 Å². The molecule has 2 aliphatic rings. The lowest BCUT2D eigenvalue weighted by atomic mass is 10.1. The van der Waals surface area contributed by atoms with Crippen LogP contribution in [-0.4, -0.2) is 66.6 Å². The van der Waals surface area contributed by atoms with Crippen LogP contribution in [0.2, 0.25) is 0 Å². The fourth-order valence-corrected chi connectivity index (χ4v) is 3.64. The SMILES string of the molecule is CS(=O)(=O)N1C[C@@H]2OCC(=O)N(Cc3cccnc3)[C@@H]2C1. The molecule has 0 N–H and O–H groups in total. The van der Waals surface area contributed by atoms with Gasteiger partial charge in [0.1, 0.15) is 6.61 Å². The summed E-state index contributed by atoms with van der Waals surface area (Å²) >= 11 is 0. The van der Waals surface area contributed by atoms with E-state index in [-0.39, 0.29) is 31.2 Å². The molecule has 0 saturated carbocycles. The molecule has 7 nitrogen and oxygen atoms in total. The summed E-state index contributed by atoms with van der Waals surface area (Å²) < 4.78 is 30.2. The van der Waals surface area contributed by atoms with Gasteiger partial charge in [0.25, 0.3) is 0 Å². The van der Waals surface area contributed by atoms with E-state index >= 15 is 0 Å². The van der Waals surface area contributed by atoms with Gasteiger partial charge >= 0.3 is 0 Å². The van der Waals surface area contributed by atoms with Gasteiger partial charge in [-0.15, -0.1) is 0 Å². The van der Waals surface area contributed by atoms with Crippen LogP contribution >= 0.6 is 0 Å². The summed E-state index contributed by atoms with van der Waals surface area (Å²) in [6.45, 7) is 1.02. The first-order valence-electron chi connectivity index (χ1n) is 6.70. The van der Waals surface area contributed by atoms with Crippen LogP contribution in [0.25, 0.3) is 0 Å². The van der Waals surface area contributed by atoms with Crippen molar-refractivity contribution in [3.63, 3.8) is 0 Å². The normalized spacial score (nSPS) is 26.9. The lowest BCUT2D eigenvalue weighted by Gasteiger charge is -2.36. The van der Waals surface area contributed by atoms with Crippen LogP contribution in [0.5, 0.6) is 0 Å². The smallest absolute Gasteiger partial charge is 0.249 e. The molecular formula is C13H17N3O4S. The number of amides is 1. The minimum absolute atomic E-state index is 0.000962. The molecule has 0 radical (unpaired) electrons. The Kier molecular flexibility index (Phi) is 3.68. The Bertz CT molecular complexity index is 634. The molecule has 0 unspecified atom stereocenters. The van der Waals surface area contributed by atoms with E-state index in [0.29, 0.717) is 13.1 Å². The zero-order chi connectivity index (χ0) is 15.0. The van der Waals surface area contributed by atoms with Crippen LogP contribution in [0.15, 0.2) is 24.5 Å². The van der Waals surface area contributed by atoms with Crippen LogP contribution < -0.4 is 0 Å². The highest BCUT2D eigenvalue weighted by Gasteiger charge is 2.45. The van der Waals surface area contributed by atoms with Crippen molar-refractivity contribution in [3.8, 4) is 0 Å². The van der Waals surface area contributed by atoms with Crippen LogP contribution in [-0.2, 0) is 26.1 Å². The number of hydrogen-bond acceptors (Lipinski definition) is 5. The molecule has 21 heavy (non-hydrogen) atoms. The third kappa shape index (κ3) is 2.92. The van der Waals surface area contributed by atoms with E-state index in [1.165, 1.54) is 10.6 Å². The van der Waals surface area contributed by atoms with Crippen molar-refractivity contribution >= 4 is 15.9 Å². The Labute approximate surface area is 123 Å². The molecule has 0 bridgehead atoms. The van der Waals surface area contributed by atoms with Gasteiger partial charge in [-0.05, 0) is 11.6 Å². The number of rotatable bonds is 3. The van der Waals surface area contributed by atoms with E-state index in [2.05, 4.69) is 4.98 Å². The van der Waals surface area contributed by atoms with Crippen molar-refractivity contribution in [1.29, 1.82) is 0 Å². The molecule has 0 spiro atoms. The van der Waals surface area contributed by atoms with Crippen molar-refractivity contribution in [3.05, 3.63) is 30.1 Å². The van der Waals surface area contributed by atoms with Crippen molar-refractivity contribution in [2.45, 2.75) is 18.7 Å². The number of carbonyl (C=O) groups is 1. The van der Waals surface area contributed by atoms with Crippen molar-refractivity contribution in [1.82, 2.24) is 14.2 Å². The van der Waals surface area contributed by atoms with E-state index in [4.69, 9.17) is 4.74 Å². The first-order valence-corrected chi connectivity index (χ1v) is 8.55. The predicted octanol–water partition coefficient (Wildman–Crippen LogP) is -0.547. The molecule has 1 aromatic heterocycles. The van der Waals surface area contributed by atoms with E-state index < -0.39 is 10.0 Å². The summed E-state index contributed by atoms with van der Waals surface area (Å²) in [7, 11) is -3.27. The number of aromatic nitrogens is 1. The largest absolute Gasteiger partial charge is 0.365 e. The number of nitrogens with zero attached hydrogens (tertiary/aromatic N) is 3. The summed E-state index contributed by atoms with van der Waals surface area (Å²) in [6.07, 6.45) is 4.31. The maximum absolute atomic E-state index is 12.1. The van der Waals surface area contributed by atoms with Gasteiger partial charge in [-0.1, -0.05) is 6.07 Å². The highest BCUT2D eigenvalue weighted by Crippen LogP contribution is 2.26. The molecule has 8 heteroatoms. The minimum atomic E-state index is -3.27.